The van der Waals surface area contributed by atoms with Crippen LogP contribution in [-0.4, -0.2) is 11.5 Å². The van der Waals surface area contributed by atoms with Crippen molar-refractivity contribution in [2.24, 2.45) is 5.92 Å². The Bertz CT molecular complexity index is 284. The Kier molecular flexibility index (Phi) is 5.33. The number of rotatable bonds is 6. The van der Waals surface area contributed by atoms with E-state index < -0.39 is 0 Å². The minimum absolute atomic E-state index is 0.749. The van der Waals surface area contributed by atoms with Crippen LogP contribution in [0.4, 0.5) is 0 Å². The second kappa shape index (κ2) is 6.57. The van der Waals surface area contributed by atoms with Gasteiger partial charge in [0.05, 0.1) is 5.69 Å². The molecule has 84 valence electrons. The summed E-state index contributed by atoms with van der Waals surface area (Å²) >= 11 is 0. The summed E-state index contributed by atoms with van der Waals surface area (Å²) in [5.74, 6) is 0.749. The van der Waals surface area contributed by atoms with Gasteiger partial charge in [0.15, 0.2) is 0 Å². The van der Waals surface area contributed by atoms with Crippen LogP contribution in [0.3, 0.4) is 0 Å². The van der Waals surface area contributed by atoms with Gasteiger partial charge in [0.25, 0.3) is 0 Å². The zero-order chi connectivity index (χ0) is 11.1. The monoisotopic (exact) mass is 206 g/mol. The van der Waals surface area contributed by atoms with E-state index in [0.717, 1.165) is 25.4 Å². The molecule has 1 rings (SSSR count). The number of hydrogen-bond donors (Lipinski definition) is 1. The molecule has 0 saturated heterocycles. The van der Waals surface area contributed by atoms with Crippen LogP contribution in [0, 0.1) is 5.92 Å². The molecule has 2 nitrogen and oxygen atoms in total. The first-order valence-corrected chi connectivity index (χ1v) is 5.91. The maximum Gasteiger partial charge on any atom is 0.0573 e. The average molecular weight is 206 g/mol. The first-order valence-electron chi connectivity index (χ1n) is 5.91. The van der Waals surface area contributed by atoms with E-state index in [9.17, 15) is 0 Å². The van der Waals surface area contributed by atoms with Gasteiger partial charge in [-0.2, -0.15) is 0 Å². The minimum Gasteiger partial charge on any atom is -0.311 e. The fourth-order valence-corrected chi connectivity index (χ4v) is 1.53. The summed E-state index contributed by atoms with van der Waals surface area (Å²) in [5, 5.41) is 3.46. The number of hydrogen-bond acceptors (Lipinski definition) is 2. The first kappa shape index (κ1) is 12.2. The molecule has 1 aromatic heterocycles. The zero-order valence-electron chi connectivity index (χ0n) is 10.1. The molecule has 1 unspecified atom stereocenters. The highest BCUT2D eigenvalue weighted by Crippen LogP contribution is 2.06. The summed E-state index contributed by atoms with van der Waals surface area (Å²) in [6.07, 6.45) is 4.17. The predicted octanol–water partition coefficient (Wildman–Crippen LogP) is 2.78. The van der Waals surface area contributed by atoms with Crippen LogP contribution in [0.15, 0.2) is 18.3 Å². The lowest BCUT2D eigenvalue weighted by Gasteiger charge is -2.11. The van der Waals surface area contributed by atoms with Crippen molar-refractivity contribution in [3.63, 3.8) is 0 Å². The van der Waals surface area contributed by atoms with Crippen molar-refractivity contribution >= 4 is 0 Å². The molecule has 1 N–H and O–H groups in total. The number of aromatic nitrogens is 1. The second-order valence-corrected chi connectivity index (χ2v) is 4.11. The molecule has 0 aliphatic heterocycles. The van der Waals surface area contributed by atoms with Gasteiger partial charge in [0, 0.05) is 12.7 Å². The lowest BCUT2D eigenvalue weighted by molar-refractivity contribution is 0.496. The van der Waals surface area contributed by atoms with Gasteiger partial charge >= 0.3 is 0 Å². The van der Waals surface area contributed by atoms with Crippen molar-refractivity contribution in [2.45, 2.75) is 40.2 Å². The lowest BCUT2D eigenvalue weighted by atomic mass is 10.1. The lowest BCUT2D eigenvalue weighted by Crippen LogP contribution is -2.21. The normalized spacial score (nSPS) is 12.7. The Labute approximate surface area is 93.1 Å². The summed E-state index contributed by atoms with van der Waals surface area (Å²) in [4.78, 5) is 4.41. The van der Waals surface area contributed by atoms with E-state index in [-0.39, 0.29) is 0 Å². The fourth-order valence-electron chi connectivity index (χ4n) is 1.53. The quantitative estimate of drug-likeness (QED) is 0.774. The van der Waals surface area contributed by atoms with Gasteiger partial charge in [-0.25, -0.2) is 0 Å². The Balaban J connectivity index is 2.43. The van der Waals surface area contributed by atoms with Crippen molar-refractivity contribution in [3.05, 3.63) is 29.6 Å². The van der Waals surface area contributed by atoms with E-state index >= 15 is 0 Å². The van der Waals surface area contributed by atoms with Gasteiger partial charge in [0.1, 0.15) is 0 Å². The van der Waals surface area contributed by atoms with E-state index in [1.54, 1.807) is 0 Å². The molecule has 0 bridgehead atoms. The third-order valence-corrected chi connectivity index (χ3v) is 2.85. The number of aryl methyl sites for hydroxylation is 1. The van der Waals surface area contributed by atoms with Gasteiger partial charge < -0.3 is 5.32 Å². The topological polar surface area (TPSA) is 24.9 Å². The summed E-state index contributed by atoms with van der Waals surface area (Å²) in [6.45, 7) is 8.65. The number of nitrogens with one attached hydrogen (secondary N) is 1. The van der Waals surface area contributed by atoms with E-state index in [2.05, 4.69) is 37.1 Å². The van der Waals surface area contributed by atoms with Crippen LogP contribution in [-0.2, 0) is 13.0 Å². The number of nitrogens with zero attached hydrogens (tertiary/aromatic N) is 1. The summed E-state index contributed by atoms with van der Waals surface area (Å²) in [5.41, 5.74) is 2.55. The molecule has 1 heterocycles. The van der Waals surface area contributed by atoms with Crippen molar-refractivity contribution in [1.82, 2.24) is 10.3 Å². The Morgan fingerprint density at radius 1 is 1.40 bits per heavy atom. The van der Waals surface area contributed by atoms with E-state index in [0.29, 0.717) is 0 Å². The van der Waals surface area contributed by atoms with Crippen LogP contribution >= 0.6 is 0 Å². The molecule has 0 spiro atoms. The fraction of sp³-hybridized carbons (Fsp3) is 0.615. The van der Waals surface area contributed by atoms with Crippen LogP contribution < -0.4 is 5.32 Å². The largest absolute Gasteiger partial charge is 0.311 e. The highest BCUT2D eigenvalue weighted by atomic mass is 14.9. The molecule has 1 atom stereocenters. The molecule has 2 heteroatoms. The van der Waals surface area contributed by atoms with Crippen molar-refractivity contribution in [2.75, 3.05) is 6.54 Å². The van der Waals surface area contributed by atoms with Crippen LogP contribution in [0.2, 0.25) is 0 Å². The van der Waals surface area contributed by atoms with E-state index in [1.165, 1.54) is 17.7 Å². The van der Waals surface area contributed by atoms with E-state index in [1.807, 2.05) is 12.3 Å². The first-order chi connectivity index (χ1) is 7.27. The Morgan fingerprint density at radius 3 is 2.87 bits per heavy atom. The van der Waals surface area contributed by atoms with Crippen LogP contribution in [0.1, 0.15) is 38.4 Å². The maximum atomic E-state index is 4.41. The highest BCUT2D eigenvalue weighted by molar-refractivity contribution is 5.19. The summed E-state index contributed by atoms with van der Waals surface area (Å²) < 4.78 is 0. The molecule has 0 saturated carbocycles. The third-order valence-electron chi connectivity index (χ3n) is 2.85. The van der Waals surface area contributed by atoms with Crippen molar-refractivity contribution in [1.29, 1.82) is 0 Å². The molecule has 0 fully saturated rings. The Hall–Kier alpha value is -0.890. The van der Waals surface area contributed by atoms with Gasteiger partial charge in [-0.3, -0.25) is 4.98 Å². The van der Waals surface area contributed by atoms with Gasteiger partial charge in [-0.05, 0) is 30.5 Å². The molecular weight excluding hydrogens is 184 g/mol. The molecule has 0 radical (unpaired) electrons. The van der Waals surface area contributed by atoms with Crippen LogP contribution in [0.5, 0.6) is 0 Å². The Morgan fingerprint density at radius 2 is 2.20 bits per heavy atom. The smallest absolute Gasteiger partial charge is 0.0573 e. The minimum atomic E-state index is 0.749. The molecule has 0 aromatic carbocycles. The number of pyridine rings is 1. The van der Waals surface area contributed by atoms with Crippen LogP contribution in [0.25, 0.3) is 0 Å². The average Bonchev–Trinajstić information content (AvgIpc) is 2.29. The van der Waals surface area contributed by atoms with Crippen molar-refractivity contribution in [3.8, 4) is 0 Å². The van der Waals surface area contributed by atoms with Crippen molar-refractivity contribution < 1.29 is 0 Å². The van der Waals surface area contributed by atoms with Gasteiger partial charge in [-0.1, -0.05) is 33.3 Å². The predicted molar refractivity (Wildman–Crippen MR) is 64.8 cm³/mol. The molecule has 0 aliphatic rings. The molecule has 1 aromatic rings. The molecular formula is C13H22N2. The third kappa shape index (κ3) is 4.00. The SMILES string of the molecule is CCc1cccnc1CNCC(C)CC. The summed E-state index contributed by atoms with van der Waals surface area (Å²) in [7, 11) is 0. The molecule has 0 aliphatic carbocycles. The molecule has 15 heavy (non-hydrogen) atoms. The molecule has 0 amide bonds. The zero-order valence-corrected chi connectivity index (χ0v) is 10.1. The summed E-state index contributed by atoms with van der Waals surface area (Å²) in [6, 6.07) is 4.17. The second-order valence-electron chi connectivity index (χ2n) is 4.11. The van der Waals surface area contributed by atoms with Gasteiger partial charge in [0.2, 0.25) is 0 Å². The highest BCUT2D eigenvalue weighted by Gasteiger charge is 2.02. The standard InChI is InChI=1S/C13H22N2/c1-4-11(3)9-14-10-13-12(5-2)7-6-8-15-13/h6-8,11,14H,4-5,9-10H2,1-3H3. The van der Waals surface area contributed by atoms with E-state index in [4.69, 9.17) is 0 Å². The van der Waals surface area contributed by atoms with Gasteiger partial charge in [-0.15, -0.1) is 0 Å². The maximum absolute atomic E-state index is 4.41.